The first-order valence-corrected chi connectivity index (χ1v) is 5.19. The quantitative estimate of drug-likeness (QED) is 0.879. The number of rotatable bonds is 3. The van der Waals surface area contributed by atoms with Crippen molar-refractivity contribution in [3.8, 4) is 5.75 Å². The highest BCUT2D eigenvalue weighted by molar-refractivity contribution is 9.10. The van der Waals surface area contributed by atoms with Gasteiger partial charge in [0.2, 0.25) is 0 Å². The van der Waals surface area contributed by atoms with E-state index < -0.39 is 0 Å². The number of anilines is 1. The van der Waals surface area contributed by atoms with Gasteiger partial charge in [-0.05, 0) is 47.0 Å². The molecule has 1 N–H and O–H groups in total. The highest BCUT2D eigenvalue weighted by atomic mass is 79.9. The summed E-state index contributed by atoms with van der Waals surface area (Å²) in [5, 5.41) is 3.42. The Kier molecular flexibility index (Phi) is 2.44. The molecule has 0 spiro atoms. The highest BCUT2D eigenvalue weighted by Gasteiger charge is 2.20. The van der Waals surface area contributed by atoms with Crippen molar-refractivity contribution in [3.63, 3.8) is 0 Å². The maximum atomic E-state index is 5.15. The van der Waals surface area contributed by atoms with Gasteiger partial charge in [-0.3, -0.25) is 0 Å². The molecule has 0 atom stereocenters. The van der Waals surface area contributed by atoms with E-state index in [-0.39, 0.29) is 0 Å². The zero-order valence-corrected chi connectivity index (χ0v) is 9.10. The fraction of sp³-hybridized carbons (Fsp3) is 0.400. The number of methoxy groups -OCH3 is 1. The van der Waals surface area contributed by atoms with E-state index in [0.717, 1.165) is 15.9 Å². The molecule has 1 aromatic carbocycles. The third kappa shape index (κ3) is 2.15. The predicted octanol–water partition coefficient (Wildman–Crippen LogP) is 3.03. The van der Waals surface area contributed by atoms with Crippen LogP contribution in [0.4, 0.5) is 5.69 Å². The molecule has 0 aliphatic heterocycles. The van der Waals surface area contributed by atoms with Crippen molar-refractivity contribution in [1.29, 1.82) is 0 Å². The van der Waals surface area contributed by atoms with Crippen molar-refractivity contribution >= 4 is 21.6 Å². The van der Waals surface area contributed by atoms with Crippen LogP contribution in [0.1, 0.15) is 12.8 Å². The Hall–Kier alpha value is -0.700. The molecule has 3 heteroatoms. The molecule has 0 unspecified atom stereocenters. The molecule has 1 fully saturated rings. The Morgan fingerprint density at radius 2 is 2.23 bits per heavy atom. The van der Waals surface area contributed by atoms with Crippen molar-refractivity contribution in [3.05, 3.63) is 22.7 Å². The summed E-state index contributed by atoms with van der Waals surface area (Å²) in [6, 6.07) is 6.76. The van der Waals surface area contributed by atoms with Crippen molar-refractivity contribution in [2.45, 2.75) is 18.9 Å². The average Bonchev–Trinajstić information content (AvgIpc) is 2.89. The SMILES string of the molecule is COc1ccc(NC2CC2)cc1Br. The summed E-state index contributed by atoms with van der Waals surface area (Å²) in [6.45, 7) is 0. The van der Waals surface area contributed by atoms with Crippen molar-refractivity contribution in [2.75, 3.05) is 12.4 Å². The van der Waals surface area contributed by atoms with Crippen LogP contribution >= 0.6 is 15.9 Å². The third-order valence-electron chi connectivity index (χ3n) is 2.10. The number of hydrogen-bond donors (Lipinski definition) is 1. The minimum absolute atomic E-state index is 0.695. The van der Waals surface area contributed by atoms with Crippen LogP contribution in [0.2, 0.25) is 0 Å². The van der Waals surface area contributed by atoms with Crippen LogP contribution in [-0.2, 0) is 0 Å². The van der Waals surface area contributed by atoms with Crippen LogP contribution in [0.5, 0.6) is 5.75 Å². The molecule has 1 aliphatic carbocycles. The van der Waals surface area contributed by atoms with Gasteiger partial charge >= 0.3 is 0 Å². The molecule has 0 amide bonds. The van der Waals surface area contributed by atoms with Crippen molar-refractivity contribution < 1.29 is 4.74 Å². The van der Waals surface area contributed by atoms with Gasteiger partial charge in [0, 0.05) is 11.7 Å². The smallest absolute Gasteiger partial charge is 0.133 e. The normalized spacial score (nSPS) is 15.5. The molecule has 70 valence electrons. The van der Waals surface area contributed by atoms with Gasteiger partial charge in [0.15, 0.2) is 0 Å². The first-order valence-electron chi connectivity index (χ1n) is 4.39. The number of benzene rings is 1. The molecule has 1 aliphatic rings. The lowest BCUT2D eigenvalue weighted by Gasteiger charge is -2.07. The van der Waals surface area contributed by atoms with Crippen molar-refractivity contribution in [1.82, 2.24) is 0 Å². The van der Waals surface area contributed by atoms with E-state index in [2.05, 4.69) is 27.3 Å². The molecule has 2 rings (SSSR count). The van der Waals surface area contributed by atoms with Crippen LogP contribution in [0.25, 0.3) is 0 Å². The Morgan fingerprint density at radius 3 is 2.77 bits per heavy atom. The van der Waals surface area contributed by atoms with E-state index in [9.17, 15) is 0 Å². The van der Waals surface area contributed by atoms with Gasteiger partial charge in [0.05, 0.1) is 11.6 Å². The molecule has 1 aromatic rings. The molecular formula is C10H12BrNO. The Labute approximate surface area is 86.4 Å². The first kappa shape index (κ1) is 8.88. The number of nitrogens with one attached hydrogen (secondary N) is 1. The second kappa shape index (κ2) is 3.58. The summed E-state index contributed by atoms with van der Waals surface area (Å²) in [5.74, 6) is 0.876. The third-order valence-corrected chi connectivity index (χ3v) is 2.72. The first-order chi connectivity index (χ1) is 6.29. The Morgan fingerprint density at radius 1 is 1.46 bits per heavy atom. The molecule has 0 saturated heterocycles. The van der Waals surface area contributed by atoms with Crippen LogP contribution in [0.3, 0.4) is 0 Å². The van der Waals surface area contributed by atoms with Crippen LogP contribution in [0.15, 0.2) is 22.7 Å². The fourth-order valence-electron chi connectivity index (χ4n) is 1.22. The lowest BCUT2D eigenvalue weighted by molar-refractivity contribution is 0.412. The largest absolute Gasteiger partial charge is 0.496 e. The molecule has 13 heavy (non-hydrogen) atoms. The van der Waals surface area contributed by atoms with E-state index in [0.29, 0.717) is 6.04 Å². The lowest BCUT2D eigenvalue weighted by atomic mass is 10.3. The summed E-state index contributed by atoms with van der Waals surface area (Å²) in [6.07, 6.45) is 2.59. The Bertz CT molecular complexity index is 310. The zero-order valence-electron chi connectivity index (χ0n) is 7.51. The molecule has 2 nitrogen and oxygen atoms in total. The second-order valence-electron chi connectivity index (χ2n) is 3.27. The topological polar surface area (TPSA) is 21.3 Å². The minimum Gasteiger partial charge on any atom is -0.496 e. The predicted molar refractivity (Wildman–Crippen MR) is 57.3 cm³/mol. The van der Waals surface area contributed by atoms with Crippen molar-refractivity contribution in [2.24, 2.45) is 0 Å². The highest BCUT2D eigenvalue weighted by Crippen LogP contribution is 2.30. The van der Waals surface area contributed by atoms with Crippen LogP contribution < -0.4 is 10.1 Å². The van der Waals surface area contributed by atoms with Gasteiger partial charge in [-0.2, -0.15) is 0 Å². The number of halogens is 1. The standard InChI is InChI=1S/C10H12BrNO/c1-13-10-5-4-8(6-9(10)11)12-7-2-3-7/h4-7,12H,2-3H2,1H3. The zero-order chi connectivity index (χ0) is 9.26. The maximum absolute atomic E-state index is 5.15. The van der Waals surface area contributed by atoms with E-state index in [1.54, 1.807) is 7.11 Å². The van der Waals surface area contributed by atoms with Gasteiger partial charge in [0.1, 0.15) is 5.75 Å². The number of ether oxygens (including phenoxy) is 1. The van der Waals surface area contributed by atoms with Gasteiger partial charge < -0.3 is 10.1 Å². The fourth-order valence-corrected chi connectivity index (χ4v) is 1.76. The molecule has 0 bridgehead atoms. The van der Waals surface area contributed by atoms with Gasteiger partial charge in [0.25, 0.3) is 0 Å². The summed E-state index contributed by atoms with van der Waals surface area (Å²) < 4.78 is 6.15. The maximum Gasteiger partial charge on any atom is 0.133 e. The Balaban J connectivity index is 2.13. The summed E-state index contributed by atoms with van der Waals surface area (Å²) in [5.41, 5.74) is 1.16. The average molecular weight is 242 g/mol. The molecule has 0 aromatic heterocycles. The van der Waals surface area contributed by atoms with Gasteiger partial charge in [-0.25, -0.2) is 0 Å². The summed E-state index contributed by atoms with van der Waals surface area (Å²) in [7, 11) is 1.67. The summed E-state index contributed by atoms with van der Waals surface area (Å²) >= 11 is 3.45. The minimum atomic E-state index is 0.695. The van der Waals surface area contributed by atoms with E-state index in [1.165, 1.54) is 12.8 Å². The summed E-state index contributed by atoms with van der Waals surface area (Å²) in [4.78, 5) is 0. The molecule has 0 heterocycles. The van der Waals surface area contributed by atoms with Gasteiger partial charge in [-0.15, -0.1) is 0 Å². The van der Waals surface area contributed by atoms with E-state index in [4.69, 9.17) is 4.74 Å². The van der Waals surface area contributed by atoms with E-state index >= 15 is 0 Å². The molecule has 0 radical (unpaired) electrons. The molecule has 1 saturated carbocycles. The monoisotopic (exact) mass is 241 g/mol. The second-order valence-corrected chi connectivity index (χ2v) is 4.12. The van der Waals surface area contributed by atoms with Gasteiger partial charge in [-0.1, -0.05) is 0 Å². The number of hydrogen-bond acceptors (Lipinski definition) is 2. The van der Waals surface area contributed by atoms with Crippen LogP contribution in [-0.4, -0.2) is 13.2 Å². The van der Waals surface area contributed by atoms with E-state index in [1.807, 2.05) is 12.1 Å². The molecular weight excluding hydrogens is 230 g/mol. The van der Waals surface area contributed by atoms with Crippen LogP contribution in [0, 0.1) is 0 Å². The lowest BCUT2D eigenvalue weighted by Crippen LogP contribution is -2.00.